The molecule has 11 heteroatoms. The molecule has 0 saturated carbocycles. The summed E-state index contributed by atoms with van der Waals surface area (Å²) in [5.74, 6) is -2.00. The molecule has 0 spiro atoms. The molecule has 0 unspecified atom stereocenters. The maximum Gasteiger partial charge on any atom is 0.335 e. The van der Waals surface area contributed by atoms with Crippen LogP contribution in [0.15, 0.2) is 24.3 Å². The van der Waals surface area contributed by atoms with E-state index in [0.29, 0.717) is 55.4 Å². The van der Waals surface area contributed by atoms with Gasteiger partial charge in [-0.15, -0.1) is 5.06 Å². The molecule has 0 aliphatic carbocycles. The minimum absolute atomic E-state index is 0.0517. The molecule has 1 aliphatic heterocycles. The van der Waals surface area contributed by atoms with Crippen LogP contribution in [0, 0.1) is 0 Å². The Morgan fingerprint density at radius 3 is 2.03 bits per heavy atom. The minimum Gasteiger partial charge on any atom is -0.378 e. The number of carbonyl (C=O) groups excluding carboxylic acids is 5. The van der Waals surface area contributed by atoms with Crippen molar-refractivity contribution >= 4 is 30.0 Å². The van der Waals surface area contributed by atoms with Crippen LogP contribution in [0.25, 0.3) is 0 Å². The number of amides is 3. The second kappa shape index (κ2) is 14.0. The van der Waals surface area contributed by atoms with Crippen molar-refractivity contribution < 1.29 is 43.0 Å². The fraction of sp³-hybridized carbons (Fsp3) is 0.476. The number of imide groups is 1. The van der Waals surface area contributed by atoms with Crippen molar-refractivity contribution in [1.82, 2.24) is 10.4 Å². The minimum atomic E-state index is -0.715. The third kappa shape index (κ3) is 8.92. The number of benzene rings is 1. The number of hydrogen-bond donors (Lipinski definition) is 1. The molecular weight excluding hydrogens is 424 g/mol. The Hall–Kier alpha value is -3.15. The van der Waals surface area contributed by atoms with E-state index in [1.165, 1.54) is 0 Å². The maximum atomic E-state index is 11.9. The predicted octanol–water partition coefficient (Wildman–Crippen LogP) is 0.276. The van der Waals surface area contributed by atoms with Crippen molar-refractivity contribution in [3.8, 4) is 0 Å². The zero-order valence-electron chi connectivity index (χ0n) is 17.6. The molecule has 1 N–H and O–H groups in total. The fourth-order valence-corrected chi connectivity index (χ4v) is 2.55. The summed E-state index contributed by atoms with van der Waals surface area (Å²) in [5, 5.41) is 3.21. The first kappa shape index (κ1) is 25.1. The van der Waals surface area contributed by atoms with Crippen LogP contribution in [-0.4, -0.2) is 81.2 Å². The van der Waals surface area contributed by atoms with Crippen LogP contribution in [0.2, 0.25) is 0 Å². The first-order chi connectivity index (χ1) is 15.5. The van der Waals surface area contributed by atoms with Crippen LogP contribution in [-0.2, 0) is 33.4 Å². The van der Waals surface area contributed by atoms with E-state index in [-0.39, 0.29) is 38.4 Å². The van der Waals surface area contributed by atoms with Gasteiger partial charge in [0, 0.05) is 30.5 Å². The first-order valence-electron chi connectivity index (χ1n) is 10.1. The lowest BCUT2D eigenvalue weighted by Gasteiger charge is -2.12. The highest BCUT2D eigenvalue weighted by Crippen LogP contribution is 2.12. The third-order valence-corrected chi connectivity index (χ3v) is 4.23. The van der Waals surface area contributed by atoms with Crippen molar-refractivity contribution in [3.63, 3.8) is 0 Å². The molecule has 0 atom stereocenters. The number of aldehydes is 1. The Labute approximate surface area is 184 Å². The van der Waals surface area contributed by atoms with Gasteiger partial charge in [-0.25, -0.2) is 4.79 Å². The highest BCUT2D eigenvalue weighted by molar-refractivity contribution is 6.01. The summed E-state index contributed by atoms with van der Waals surface area (Å²) >= 11 is 0. The third-order valence-electron chi connectivity index (χ3n) is 4.23. The number of rotatable bonds is 15. The number of nitrogens with one attached hydrogen (secondary N) is 1. The quantitative estimate of drug-likeness (QED) is 0.227. The van der Waals surface area contributed by atoms with Crippen molar-refractivity contribution in [1.29, 1.82) is 0 Å². The molecule has 1 saturated heterocycles. The van der Waals surface area contributed by atoms with Crippen LogP contribution in [0.4, 0.5) is 0 Å². The van der Waals surface area contributed by atoms with Gasteiger partial charge in [-0.05, 0) is 12.1 Å². The molecule has 1 aromatic rings. The highest BCUT2D eigenvalue weighted by atomic mass is 16.7. The molecule has 1 aliphatic rings. The predicted molar refractivity (Wildman–Crippen MR) is 108 cm³/mol. The lowest BCUT2D eigenvalue weighted by Crippen LogP contribution is -2.32. The molecule has 11 nitrogen and oxygen atoms in total. The number of hydroxylamine groups is 2. The fourth-order valence-electron chi connectivity index (χ4n) is 2.55. The van der Waals surface area contributed by atoms with E-state index in [0.717, 1.165) is 0 Å². The summed E-state index contributed by atoms with van der Waals surface area (Å²) in [6.07, 6.45) is 0.726. The van der Waals surface area contributed by atoms with Gasteiger partial charge in [0.15, 0.2) is 0 Å². The number of ether oxygens (including phenoxy) is 3. The molecule has 1 heterocycles. The average Bonchev–Trinajstić information content (AvgIpc) is 3.11. The van der Waals surface area contributed by atoms with Crippen LogP contribution in [0.5, 0.6) is 0 Å². The lowest BCUT2D eigenvalue weighted by atomic mass is 10.1. The summed E-state index contributed by atoms with van der Waals surface area (Å²) in [6.45, 7) is 1.97. The topological polar surface area (TPSA) is 138 Å². The van der Waals surface area contributed by atoms with Crippen LogP contribution < -0.4 is 5.32 Å². The summed E-state index contributed by atoms with van der Waals surface area (Å²) in [6, 6.07) is 6.30. The zero-order chi connectivity index (χ0) is 23.2. The standard InChI is InChI=1S/C21H26N2O9/c24-15-16-1-3-17(4-2-16)21(28)22-8-10-30-12-14-31-13-11-29-9-7-20(27)32-23-18(25)5-6-19(23)26/h1-4,15H,5-14H2,(H,22,28). The van der Waals surface area contributed by atoms with Crippen molar-refractivity contribution in [3.05, 3.63) is 35.4 Å². The van der Waals surface area contributed by atoms with E-state index in [4.69, 9.17) is 19.0 Å². The van der Waals surface area contributed by atoms with Crippen LogP contribution in [0.3, 0.4) is 0 Å². The van der Waals surface area contributed by atoms with Gasteiger partial charge in [0.1, 0.15) is 6.29 Å². The summed E-state index contributed by atoms with van der Waals surface area (Å²) in [4.78, 5) is 61.4. The van der Waals surface area contributed by atoms with Crippen molar-refractivity contribution in [2.45, 2.75) is 19.3 Å². The number of carbonyl (C=O) groups is 5. The molecule has 32 heavy (non-hydrogen) atoms. The highest BCUT2D eigenvalue weighted by Gasteiger charge is 2.32. The van der Waals surface area contributed by atoms with Gasteiger partial charge in [0.2, 0.25) is 0 Å². The lowest BCUT2D eigenvalue weighted by molar-refractivity contribution is -0.198. The zero-order valence-corrected chi connectivity index (χ0v) is 17.6. The van der Waals surface area contributed by atoms with Gasteiger partial charge in [0.05, 0.1) is 46.1 Å². The summed E-state index contributed by atoms with van der Waals surface area (Å²) < 4.78 is 15.9. The van der Waals surface area contributed by atoms with Gasteiger partial charge >= 0.3 is 5.97 Å². The van der Waals surface area contributed by atoms with E-state index in [2.05, 4.69) is 5.32 Å². The summed E-state index contributed by atoms with van der Waals surface area (Å²) in [7, 11) is 0. The van der Waals surface area contributed by atoms with Gasteiger partial charge in [-0.3, -0.25) is 19.2 Å². The van der Waals surface area contributed by atoms with Crippen molar-refractivity contribution in [2.24, 2.45) is 0 Å². The van der Waals surface area contributed by atoms with E-state index < -0.39 is 17.8 Å². The second-order valence-electron chi connectivity index (χ2n) is 6.63. The smallest absolute Gasteiger partial charge is 0.335 e. The monoisotopic (exact) mass is 450 g/mol. The number of nitrogens with zero attached hydrogens (tertiary/aromatic N) is 1. The first-order valence-corrected chi connectivity index (χ1v) is 10.1. The van der Waals surface area contributed by atoms with E-state index in [1.54, 1.807) is 24.3 Å². The molecule has 3 amide bonds. The Morgan fingerprint density at radius 2 is 1.44 bits per heavy atom. The van der Waals surface area contributed by atoms with E-state index in [1.807, 2.05) is 0 Å². The van der Waals surface area contributed by atoms with Crippen LogP contribution in [0.1, 0.15) is 40.0 Å². The van der Waals surface area contributed by atoms with Gasteiger partial charge in [0.25, 0.3) is 17.7 Å². The number of hydrogen-bond acceptors (Lipinski definition) is 9. The molecule has 0 radical (unpaired) electrons. The Kier molecular flexibility index (Phi) is 11.0. The Balaban J connectivity index is 1.38. The maximum absolute atomic E-state index is 11.9. The largest absolute Gasteiger partial charge is 0.378 e. The molecule has 0 bridgehead atoms. The van der Waals surface area contributed by atoms with Crippen LogP contribution >= 0.6 is 0 Å². The normalized spacial score (nSPS) is 13.3. The van der Waals surface area contributed by atoms with Gasteiger partial charge in [-0.2, -0.15) is 0 Å². The molecule has 174 valence electrons. The van der Waals surface area contributed by atoms with Gasteiger partial charge in [-0.1, -0.05) is 12.1 Å². The second-order valence-corrected chi connectivity index (χ2v) is 6.63. The Morgan fingerprint density at radius 1 is 0.875 bits per heavy atom. The molecule has 2 rings (SSSR count). The molecular formula is C21H26N2O9. The van der Waals surface area contributed by atoms with E-state index in [9.17, 15) is 24.0 Å². The van der Waals surface area contributed by atoms with E-state index >= 15 is 0 Å². The SMILES string of the molecule is O=Cc1ccc(C(=O)NCCOCCOCCOCCC(=O)ON2C(=O)CCC2=O)cc1. The molecule has 1 aromatic carbocycles. The van der Waals surface area contributed by atoms with Gasteiger partial charge < -0.3 is 24.4 Å². The molecule has 1 fully saturated rings. The average molecular weight is 450 g/mol. The van der Waals surface area contributed by atoms with Crippen molar-refractivity contribution in [2.75, 3.05) is 46.2 Å². The summed E-state index contributed by atoms with van der Waals surface area (Å²) in [5.41, 5.74) is 0.968. The Bertz CT molecular complexity index is 779. The molecule has 0 aromatic heterocycles.